The van der Waals surface area contributed by atoms with Gasteiger partial charge in [0.2, 0.25) is 0 Å². The van der Waals surface area contributed by atoms with Gasteiger partial charge in [0.1, 0.15) is 5.82 Å². The van der Waals surface area contributed by atoms with E-state index in [1.165, 1.54) is 19.3 Å². The van der Waals surface area contributed by atoms with Crippen LogP contribution in [0.25, 0.3) is 22.0 Å². The van der Waals surface area contributed by atoms with Gasteiger partial charge in [0.25, 0.3) is 0 Å². The summed E-state index contributed by atoms with van der Waals surface area (Å²) in [6.07, 6.45) is 7.41. The first-order chi connectivity index (χ1) is 11.8. The average Bonchev–Trinajstić information content (AvgIpc) is 2.68. The standard InChI is InChI=1S/C19H20N4O/c1-24-19-20-12-16(13-21-19)14-5-7-17-15(11-14)6-8-18(22-17)23-9-3-2-4-10-23/h5-8,11-13H,2-4,9-10H2,1H3. The van der Waals surface area contributed by atoms with E-state index in [2.05, 4.69) is 45.2 Å². The zero-order valence-corrected chi connectivity index (χ0v) is 13.8. The fourth-order valence-electron chi connectivity index (χ4n) is 3.16. The molecule has 5 heteroatoms. The van der Waals surface area contributed by atoms with Crippen LogP contribution in [0.15, 0.2) is 42.7 Å². The van der Waals surface area contributed by atoms with Crippen LogP contribution in [0.4, 0.5) is 5.82 Å². The van der Waals surface area contributed by atoms with Crippen molar-refractivity contribution in [3.8, 4) is 17.1 Å². The molecule has 5 nitrogen and oxygen atoms in total. The molecule has 0 atom stereocenters. The van der Waals surface area contributed by atoms with Crippen LogP contribution in [-0.4, -0.2) is 35.2 Å². The highest BCUT2D eigenvalue weighted by atomic mass is 16.5. The molecule has 0 aliphatic carbocycles. The third kappa shape index (κ3) is 2.89. The molecule has 1 saturated heterocycles. The molecular weight excluding hydrogens is 300 g/mol. The van der Waals surface area contributed by atoms with Crippen LogP contribution in [0.3, 0.4) is 0 Å². The largest absolute Gasteiger partial charge is 0.467 e. The lowest BCUT2D eigenvalue weighted by Gasteiger charge is -2.27. The molecular formula is C19H20N4O. The average molecular weight is 320 g/mol. The molecule has 0 bridgehead atoms. The predicted octanol–water partition coefficient (Wildman–Crippen LogP) is 3.69. The summed E-state index contributed by atoms with van der Waals surface area (Å²) in [6.45, 7) is 2.22. The van der Waals surface area contributed by atoms with Gasteiger partial charge in [-0.25, -0.2) is 15.0 Å². The number of hydrogen-bond acceptors (Lipinski definition) is 5. The van der Waals surface area contributed by atoms with Gasteiger partial charge in [-0.15, -0.1) is 0 Å². The molecule has 122 valence electrons. The highest BCUT2D eigenvalue weighted by Crippen LogP contribution is 2.26. The molecule has 4 rings (SSSR count). The molecule has 1 aromatic carbocycles. The number of rotatable bonds is 3. The minimum absolute atomic E-state index is 0.382. The molecule has 1 aliphatic rings. The second-order valence-corrected chi connectivity index (χ2v) is 6.08. The topological polar surface area (TPSA) is 51.1 Å². The summed E-state index contributed by atoms with van der Waals surface area (Å²) in [4.78, 5) is 15.6. The summed E-state index contributed by atoms with van der Waals surface area (Å²) in [5, 5.41) is 1.13. The number of piperidine rings is 1. The number of anilines is 1. The molecule has 0 unspecified atom stereocenters. The van der Waals surface area contributed by atoms with E-state index >= 15 is 0 Å². The quantitative estimate of drug-likeness (QED) is 0.736. The summed E-state index contributed by atoms with van der Waals surface area (Å²) >= 11 is 0. The Morgan fingerprint density at radius 3 is 2.46 bits per heavy atom. The lowest BCUT2D eigenvalue weighted by Crippen LogP contribution is -2.30. The molecule has 0 spiro atoms. The van der Waals surface area contributed by atoms with Gasteiger partial charge in [0.15, 0.2) is 0 Å². The molecule has 0 amide bonds. The third-order valence-electron chi connectivity index (χ3n) is 4.50. The molecule has 3 heterocycles. The van der Waals surface area contributed by atoms with E-state index in [1.54, 1.807) is 19.5 Å². The van der Waals surface area contributed by atoms with E-state index in [0.717, 1.165) is 40.9 Å². The number of fused-ring (bicyclic) bond motifs is 1. The molecule has 2 aromatic heterocycles. The van der Waals surface area contributed by atoms with Crippen LogP contribution >= 0.6 is 0 Å². The number of benzene rings is 1. The Kier molecular flexibility index (Phi) is 3.99. The number of methoxy groups -OCH3 is 1. The van der Waals surface area contributed by atoms with Crippen molar-refractivity contribution in [1.82, 2.24) is 15.0 Å². The summed E-state index contributed by atoms with van der Waals surface area (Å²) in [5.41, 5.74) is 3.08. The normalized spacial score (nSPS) is 14.8. The van der Waals surface area contributed by atoms with Gasteiger partial charge in [-0.2, -0.15) is 0 Å². The first-order valence-electron chi connectivity index (χ1n) is 8.36. The van der Waals surface area contributed by atoms with E-state index in [0.29, 0.717) is 6.01 Å². The molecule has 0 saturated carbocycles. The molecule has 24 heavy (non-hydrogen) atoms. The Hall–Kier alpha value is -2.69. The van der Waals surface area contributed by atoms with E-state index < -0.39 is 0 Å². The van der Waals surface area contributed by atoms with Gasteiger partial charge in [-0.05, 0) is 49.1 Å². The summed E-state index contributed by atoms with van der Waals surface area (Å²) < 4.78 is 5.01. The molecule has 1 aliphatic heterocycles. The summed E-state index contributed by atoms with van der Waals surface area (Å²) in [5.74, 6) is 1.09. The minimum Gasteiger partial charge on any atom is -0.467 e. The van der Waals surface area contributed by atoms with Gasteiger partial charge in [-0.1, -0.05) is 6.07 Å². The SMILES string of the molecule is COc1ncc(-c2ccc3nc(N4CCCCC4)ccc3c2)cn1. The van der Waals surface area contributed by atoms with Gasteiger partial charge in [-0.3, -0.25) is 0 Å². The molecule has 1 fully saturated rings. The van der Waals surface area contributed by atoms with Crippen molar-refractivity contribution in [2.45, 2.75) is 19.3 Å². The van der Waals surface area contributed by atoms with Crippen molar-refractivity contribution in [3.05, 3.63) is 42.7 Å². The van der Waals surface area contributed by atoms with E-state index in [4.69, 9.17) is 9.72 Å². The van der Waals surface area contributed by atoms with Crippen LogP contribution in [0.5, 0.6) is 6.01 Å². The Morgan fingerprint density at radius 1 is 0.917 bits per heavy atom. The Bertz CT molecular complexity index is 842. The van der Waals surface area contributed by atoms with Gasteiger partial charge in [0, 0.05) is 36.4 Å². The van der Waals surface area contributed by atoms with Gasteiger partial charge < -0.3 is 9.64 Å². The molecule has 3 aromatic rings. The van der Waals surface area contributed by atoms with Crippen LogP contribution in [-0.2, 0) is 0 Å². The van der Waals surface area contributed by atoms with Crippen LogP contribution in [0.1, 0.15) is 19.3 Å². The van der Waals surface area contributed by atoms with Crippen molar-refractivity contribution in [3.63, 3.8) is 0 Å². The minimum atomic E-state index is 0.382. The maximum absolute atomic E-state index is 5.01. The maximum Gasteiger partial charge on any atom is 0.316 e. The van der Waals surface area contributed by atoms with Crippen molar-refractivity contribution in [2.24, 2.45) is 0 Å². The lowest BCUT2D eigenvalue weighted by atomic mass is 10.1. The van der Waals surface area contributed by atoms with Crippen molar-refractivity contribution in [2.75, 3.05) is 25.1 Å². The maximum atomic E-state index is 5.01. The van der Waals surface area contributed by atoms with Gasteiger partial charge in [0.05, 0.1) is 12.6 Å². The second-order valence-electron chi connectivity index (χ2n) is 6.08. The molecule has 0 radical (unpaired) electrons. The van der Waals surface area contributed by atoms with Crippen LogP contribution in [0.2, 0.25) is 0 Å². The first kappa shape index (κ1) is 14.9. The smallest absolute Gasteiger partial charge is 0.316 e. The Morgan fingerprint density at radius 2 is 1.71 bits per heavy atom. The van der Waals surface area contributed by atoms with Crippen molar-refractivity contribution in [1.29, 1.82) is 0 Å². The van der Waals surface area contributed by atoms with E-state index in [9.17, 15) is 0 Å². The fraction of sp³-hybridized carbons (Fsp3) is 0.316. The second kappa shape index (κ2) is 6.43. The van der Waals surface area contributed by atoms with Gasteiger partial charge >= 0.3 is 6.01 Å². The fourth-order valence-corrected chi connectivity index (χ4v) is 3.16. The highest BCUT2D eigenvalue weighted by Gasteiger charge is 2.12. The Labute approximate surface area is 141 Å². The lowest BCUT2D eigenvalue weighted by molar-refractivity contribution is 0.380. The molecule has 0 N–H and O–H groups in total. The summed E-state index contributed by atoms with van der Waals surface area (Å²) in [7, 11) is 1.57. The zero-order chi connectivity index (χ0) is 16.4. The monoisotopic (exact) mass is 320 g/mol. The highest BCUT2D eigenvalue weighted by molar-refractivity contribution is 5.85. The predicted molar refractivity (Wildman–Crippen MR) is 95.4 cm³/mol. The number of ether oxygens (including phenoxy) is 1. The number of hydrogen-bond donors (Lipinski definition) is 0. The van der Waals surface area contributed by atoms with Crippen molar-refractivity contribution >= 4 is 16.7 Å². The van der Waals surface area contributed by atoms with Crippen LogP contribution in [0, 0.1) is 0 Å². The van der Waals surface area contributed by atoms with E-state index in [1.807, 2.05) is 0 Å². The first-order valence-corrected chi connectivity index (χ1v) is 8.36. The third-order valence-corrected chi connectivity index (χ3v) is 4.50. The van der Waals surface area contributed by atoms with Crippen molar-refractivity contribution < 1.29 is 4.74 Å². The number of aromatic nitrogens is 3. The summed E-state index contributed by atoms with van der Waals surface area (Å²) in [6, 6.07) is 10.9. The van der Waals surface area contributed by atoms with E-state index in [-0.39, 0.29) is 0 Å². The number of nitrogens with zero attached hydrogens (tertiary/aromatic N) is 4. The number of pyridine rings is 1. The van der Waals surface area contributed by atoms with Crippen LogP contribution < -0.4 is 9.64 Å². The Balaban J connectivity index is 1.65. The zero-order valence-electron chi connectivity index (χ0n) is 13.8.